The molecule has 0 saturated carbocycles. The maximum atomic E-state index is 12.5. The topological polar surface area (TPSA) is 32.3 Å². The van der Waals surface area contributed by atoms with E-state index >= 15 is 0 Å². The molecule has 0 spiro atoms. The lowest BCUT2D eigenvalue weighted by molar-refractivity contribution is -0.135. The molecule has 0 aliphatic carbocycles. The summed E-state index contributed by atoms with van der Waals surface area (Å²) in [5.41, 5.74) is 0. The molecule has 2 unspecified atom stereocenters. The number of amides is 1. The van der Waals surface area contributed by atoms with Gasteiger partial charge >= 0.3 is 0 Å². The Hall–Kier alpha value is 0.0700. The average molecular weight is 307 g/mol. The van der Waals surface area contributed by atoms with E-state index in [1.807, 2.05) is 11.8 Å². The summed E-state index contributed by atoms with van der Waals surface area (Å²) in [7, 11) is 0. The van der Waals surface area contributed by atoms with Crippen LogP contribution >= 0.6 is 24.2 Å². The van der Waals surface area contributed by atoms with Gasteiger partial charge in [-0.25, -0.2) is 0 Å². The van der Waals surface area contributed by atoms with Gasteiger partial charge in [-0.2, -0.15) is 11.8 Å². The molecule has 5 heteroatoms. The highest BCUT2D eigenvalue weighted by atomic mass is 35.5. The van der Waals surface area contributed by atoms with Crippen molar-refractivity contribution < 1.29 is 4.79 Å². The van der Waals surface area contributed by atoms with Crippen molar-refractivity contribution in [2.24, 2.45) is 5.92 Å². The van der Waals surface area contributed by atoms with Crippen LogP contribution in [0.4, 0.5) is 0 Å². The highest BCUT2D eigenvalue weighted by Gasteiger charge is 2.28. The van der Waals surface area contributed by atoms with Crippen LogP contribution in [0.5, 0.6) is 0 Å². The quantitative estimate of drug-likeness (QED) is 0.870. The number of piperidine rings is 1. The Labute approximate surface area is 127 Å². The lowest BCUT2D eigenvalue weighted by atomic mass is 9.98. The zero-order valence-corrected chi connectivity index (χ0v) is 13.5. The summed E-state index contributed by atoms with van der Waals surface area (Å²) in [6.45, 7) is 6.15. The molecular weight excluding hydrogens is 280 g/mol. The van der Waals surface area contributed by atoms with Crippen LogP contribution in [-0.4, -0.2) is 48.0 Å². The van der Waals surface area contributed by atoms with Crippen LogP contribution in [0.1, 0.15) is 39.0 Å². The summed E-state index contributed by atoms with van der Waals surface area (Å²) in [5.74, 6) is 1.81. The highest BCUT2D eigenvalue weighted by molar-refractivity contribution is 7.99. The lowest BCUT2D eigenvalue weighted by Gasteiger charge is -2.30. The minimum atomic E-state index is 0. The molecule has 2 fully saturated rings. The monoisotopic (exact) mass is 306 g/mol. The van der Waals surface area contributed by atoms with Gasteiger partial charge in [0.2, 0.25) is 5.91 Å². The van der Waals surface area contributed by atoms with E-state index in [1.165, 1.54) is 19.3 Å². The van der Waals surface area contributed by atoms with Gasteiger partial charge in [-0.3, -0.25) is 4.79 Å². The second-order valence-corrected chi connectivity index (χ2v) is 6.98. The van der Waals surface area contributed by atoms with Crippen LogP contribution in [0.3, 0.4) is 0 Å². The molecule has 0 aromatic rings. The molecule has 2 aliphatic heterocycles. The maximum absolute atomic E-state index is 12.5. The fourth-order valence-corrected chi connectivity index (χ4v) is 4.09. The summed E-state index contributed by atoms with van der Waals surface area (Å²) >= 11 is 2.02. The fraction of sp³-hybridized carbons (Fsp3) is 0.929. The number of hydrogen-bond donors (Lipinski definition) is 1. The van der Waals surface area contributed by atoms with Gasteiger partial charge in [0, 0.05) is 24.9 Å². The van der Waals surface area contributed by atoms with E-state index in [1.54, 1.807) is 0 Å². The van der Waals surface area contributed by atoms with E-state index in [4.69, 9.17) is 0 Å². The number of nitrogens with zero attached hydrogens (tertiary/aromatic N) is 1. The van der Waals surface area contributed by atoms with Crippen LogP contribution in [-0.2, 0) is 4.79 Å². The van der Waals surface area contributed by atoms with Gasteiger partial charge in [-0.1, -0.05) is 13.3 Å². The molecule has 112 valence electrons. The number of carbonyl (C=O) groups excluding carboxylic acids is 1. The fourth-order valence-electron chi connectivity index (χ4n) is 3.00. The van der Waals surface area contributed by atoms with Gasteiger partial charge in [-0.05, 0) is 38.0 Å². The summed E-state index contributed by atoms with van der Waals surface area (Å²) in [6.07, 6.45) is 5.98. The molecule has 0 aromatic heterocycles. The van der Waals surface area contributed by atoms with Crippen molar-refractivity contribution in [2.75, 3.05) is 31.9 Å². The molecule has 19 heavy (non-hydrogen) atoms. The molecular formula is C14H27ClN2OS. The van der Waals surface area contributed by atoms with Crippen LogP contribution in [0.2, 0.25) is 0 Å². The largest absolute Gasteiger partial charge is 0.341 e. The Morgan fingerprint density at radius 1 is 1.32 bits per heavy atom. The van der Waals surface area contributed by atoms with E-state index in [-0.39, 0.29) is 18.3 Å². The first-order chi connectivity index (χ1) is 8.81. The Morgan fingerprint density at radius 2 is 2.16 bits per heavy atom. The first-order valence-corrected chi connectivity index (χ1v) is 8.47. The first kappa shape index (κ1) is 17.1. The van der Waals surface area contributed by atoms with Crippen molar-refractivity contribution in [1.82, 2.24) is 10.2 Å². The molecule has 2 atom stereocenters. The molecule has 1 N–H and O–H groups in total. The van der Waals surface area contributed by atoms with E-state index in [2.05, 4.69) is 17.1 Å². The van der Waals surface area contributed by atoms with Crippen molar-refractivity contribution >= 4 is 30.1 Å². The van der Waals surface area contributed by atoms with Gasteiger partial charge in [0.05, 0.1) is 5.92 Å². The molecule has 2 aliphatic rings. The van der Waals surface area contributed by atoms with Crippen molar-refractivity contribution in [3.63, 3.8) is 0 Å². The van der Waals surface area contributed by atoms with E-state index in [0.717, 1.165) is 44.8 Å². The third kappa shape index (κ3) is 5.16. The molecule has 0 aromatic carbocycles. The van der Waals surface area contributed by atoms with E-state index < -0.39 is 0 Å². The van der Waals surface area contributed by atoms with Gasteiger partial charge in [0.25, 0.3) is 0 Å². The van der Waals surface area contributed by atoms with Crippen molar-refractivity contribution in [1.29, 1.82) is 0 Å². The van der Waals surface area contributed by atoms with Crippen LogP contribution in [0.25, 0.3) is 0 Å². The number of likely N-dealkylation sites (tertiary alicyclic amines) is 1. The van der Waals surface area contributed by atoms with Crippen molar-refractivity contribution in [3.8, 4) is 0 Å². The molecule has 3 nitrogen and oxygen atoms in total. The minimum absolute atomic E-state index is 0. The zero-order valence-electron chi connectivity index (χ0n) is 11.9. The Balaban J connectivity index is 0.00000180. The highest BCUT2D eigenvalue weighted by Crippen LogP contribution is 2.24. The molecule has 0 radical (unpaired) electrons. The predicted octanol–water partition coefficient (Wildman–Crippen LogP) is 2.54. The molecule has 2 rings (SSSR count). The van der Waals surface area contributed by atoms with Crippen molar-refractivity contribution in [2.45, 2.75) is 44.3 Å². The Bertz CT molecular complexity index is 272. The number of nitrogens with one attached hydrogen (secondary N) is 1. The Morgan fingerprint density at radius 3 is 2.84 bits per heavy atom. The average Bonchev–Trinajstić information content (AvgIpc) is 2.65. The zero-order chi connectivity index (χ0) is 12.8. The lowest BCUT2D eigenvalue weighted by Crippen LogP contribution is -2.44. The third-order valence-corrected chi connectivity index (χ3v) is 5.18. The Kier molecular flexibility index (Phi) is 8.19. The van der Waals surface area contributed by atoms with Gasteiger partial charge < -0.3 is 10.2 Å². The second kappa shape index (κ2) is 9.09. The summed E-state index contributed by atoms with van der Waals surface area (Å²) in [6, 6.07) is 0. The van der Waals surface area contributed by atoms with Crippen molar-refractivity contribution in [3.05, 3.63) is 0 Å². The summed E-state index contributed by atoms with van der Waals surface area (Å²) < 4.78 is 0. The smallest absolute Gasteiger partial charge is 0.227 e. The molecule has 2 saturated heterocycles. The van der Waals surface area contributed by atoms with E-state index in [0.29, 0.717) is 11.2 Å². The molecule has 2 heterocycles. The number of hydrogen-bond acceptors (Lipinski definition) is 3. The summed E-state index contributed by atoms with van der Waals surface area (Å²) in [4.78, 5) is 14.7. The number of carbonyl (C=O) groups is 1. The van der Waals surface area contributed by atoms with Gasteiger partial charge in [-0.15, -0.1) is 12.4 Å². The van der Waals surface area contributed by atoms with Gasteiger partial charge in [0.15, 0.2) is 0 Å². The van der Waals surface area contributed by atoms with Gasteiger partial charge in [0.1, 0.15) is 0 Å². The maximum Gasteiger partial charge on any atom is 0.227 e. The predicted molar refractivity (Wildman–Crippen MR) is 85.2 cm³/mol. The van der Waals surface area contributed by atoms with E-state index in [9.17, 15) is 4.79 Å². The first-order valence-electron chi connectivity index (χ1n) is 7.42. The SMILES string of the molecule is CCSC1CCCCN(C(=O)C2CCCNC2)C1.Cl. The molecule has 0 bridgehead atoms. The molecule has 1 amide bonds. The third-order valence-electron chi connectivity index (χ3n) is 3.99. The normalized spacial score (nSPS) is 28.4. The number of thioether (sulfide) groups is 1. The minimum Gasteiger partial charge on any atom is -0.341 e. The number of halogens is 1. The second-order valence-electron chi connectivity index (χ2n) is 5.40. The van der Waals surface area contributed by atoms with Crippen LogP contribution < -0.4 is 5.32 Å². The van der Waals surface area contributed by atoms with Crippen LogP contribution in [0, 0.1) is 5.92 Å². The summed E-state index contributed by atoms with van der Waals surface area (Å²) in [5, 5.41) is 4.02. The standard InChI is InChI=1S/C14H26N2OS.ClH/c1-2-18-13-7-3-4-9-16(11-13)14(17)12-6-5-8-15-10-12;/h12-13,15H,2-11H2,1H3;1H. The number of rotatable bonds is 3. The van der Waals surface area contributed by atoms with Crippen LogP contribution in [0.15, 0.2) is 0 Å².